The Morgan fingerprint density at radius 3 is 2.64 bits per heavy atom. The molecule has 9 nitrogen and oxygen atoms in total. The molecule has 1 fully saturated rings. The van der Waals surface area contributed by atoms with Gasteiger partial charge in [0, 0.05) is 35.7 Å². The van der Waals surface area contributed by atoms with E-state index in [-0.39, 0.29) is 44.9 Å². The lowest BCUT2D eigenvalue weighted by Crippen LogP contribution is -2.41. The summed E-state index contributed by atoms with van der Waals surface area (Å²) in [5.41, 5.74) is -0.136. The fourth-order valence-corrected chi connectivity index (χ4v) is 5.13. The number of likely N-dealkylation sites (tertiary alicyclic amines) is 1. The first-order chi connectivity index (χ1) is 15.5. The SMILES string of the molecule is [B]c1cccc(Cl)c1-c1cc(=O)c2c(O)cc(O)c(C3CCN(C)CC3OP(=O)(O)O)c2o1. The van der Waals surface area contributed by atoms with Crippen molar-refractivity contribution in [3.05, 3.63) is 51.1 Å². The van der Waals surface area contributed by atoms with Gasteiger partial charge in [-0.1, -0.05) is 29.2 Å². The number of benzene rings is 2. The van der Waals surface area contributed by atoms with Crippen LogP contribution in [0.15, 0.2) is 39.5 Å². The third-order valence-corrected chi connectivity index (χ3v) is 6.56. The Morgan fingerprint density at radius 2 is 1.97 bits per heavy atom. The molecule has 0 aliphatic carbocycles. The number of phenolic OH excluding ortho intramolecular Hbond substituents is 2. The van der Waals surface area contributed by atoms with Crippen molar-refractivity contribution in [2.75, 3.05) is 20.1 Å². The summed E-state index contributed by atoms with van der Waals surface area (Å²) in [7, 11) is 2.93. The molecule has 2 heterocycles. The molecule has 2 radical (unpaired) electrons. The number of piperidine rings is 1. The molecular weight excluding hydrogens is 471 g/mol. The van der Waals surface area contributed by atoms with E-state index in [1.54, 1.807) is 25.2 Å². The van der Waals surface area contributed by atoms with E-state index in [0.29, 0.717) is 13.0 Å². The van der Waals surface area contributed by atoms with E-state index in [4.69, 9.17) is 28.4 Å². The number of nitrogens with zero attached hydrogens (tertiary/aromatic N) is 1. The number of phosphoric ester groups is 1. The normalized spacial score (nSPS) is 19.8. The second-order valence-electron chi connectivity index (χ2n) is 8.00. The Morgan fingerprint density at radius 1 is 1.24 bits per heavy atom. The fraction of sp³-hybridized carbons (Fsp3) is 0.286. The third kappa shape index (κ3) is 4.68. The molecule has 2 unspecified atom stereocenters. The average Bonchev–Trinajstić information content (AvgIpc) is 2.67. The van der Waals surface area contributed by atoms with Gasteiger partial charge < -0.3 is 29.3 Å². The lowest BCUT2D eigenvalue weighted by atomic mass is 9.85. The van der Waals surface area contributed by atoms with E-state index < -0.39 is 36.8 Å². The predicted octanol–water partition coefficient (Wildman–Crippen LogP) is 2.22. The van der Waals surface area contributed by atoms with Crippen LogP contribution < -0.4 is 10.9 Å². The first kappa shape index (κ1) is 23.8. The molecule has 0 saturated carbocycles. The summed E-state index contributed by atoms with van der Waals surface area (Å²) in [4.78, 5) is 33.6. The van der Waals surface area contributed by atoms with Crippen molar-refractivity contribution in [2.45, 2.75) is 18.4 Å². The minimum absolute atomic E-state index is 0.0160. The molecule has 0 spiro atoms. The number of phosphoric acid groups is 1. The standard InChI is InChI=1S/C21H20BClNO8P/c1-24-6-5-10(17(9-24)32-33(28,29)30)18-13(25)7-14(26)20-15(27)8-16(31-21(18)20)19-11(22)3-2-4-12(19)23/h2-4,7-8,10,17,25-26H,5-6,9H2,1H3,(H2,28,29,30). The second kappa shape index (κ2) is 8.79. The smallest absolute Gasteiger partial charge is 0.469 e. The molecule has 1 aromatic heterocycles. The van der Waals surface area contributed by atoms with E-state index in [1.807, 2.05) is 4.90 Å². The topological polar surface area (TPSA) is 141 Å². The maximum Gasteiger partial charge on any atom is 0.469 e. The van der Waals surface area contributed by atoms with Gasteiger partial charge in [0.1, 0.15) is 36.1 Å². The van der Waals surface area contributed by atoms with Crippen molar-refractivity contribution in [1.82, 2.24) is 4.90 Å². The van der Waals surface area contributed by atoms with E-state index in [1.165, 1.54) is 0 Å². The van der Waals surface area contributed by atoms with Crippen LogP contribution in [0, 0.1) is 0 Å². The first-order valence-electron chi connectivity index (χ1n) is 9.95. The highest BCUT2D eigenvalue weighted by atomic mass is 35.5. The van der Waals surface area contributed by atoms with Gasteiger partial charge in [0.25, 0.3) is 0 Å². The van der Waals surface area contributed by atoms with E-state index in [2.05, 4.69) is 0 Å². The van der Waals surface area contributed by atoms with Gasteiger partial charge in [0.15, 0.2) is 5.43 Å². The number of hydrogen-bond acceptors (Lipinski definition) is 7. The van der Waals surface area contributed by atoms with Crippen LogP contribution in [-0.4, -0.2) is 59.0 Å². The molecule has 0 bridgehead atoms. The maximum atomic E-state index is 13.0. The van der Waals surface area contributed by atoms with Crippen LogP contribution in [0.3, 0.4) is 0 Å². The van der Waals surface area contributed by atoms with Crippen molar-refractivity contribution in [3.63, 3.8) is 0 Å². The van der Waals surface area contributed by atoms with Crippen molar-refractivity contribution in [1.29, 1.82) is 0 Å². The van der Waals surface area contributed by atoms with Crippen LogP contribution >= 0.6 is 19.4 Å². The summed E-state index contributed by atoms with van der Waals surface area (Å²) in [5.74, 6) is -1.64. The zero-order valence-electron chi connectivity index (χ0n) is 17.4. The number of hydrogen-bond donors (Lipinski definition) is 4. The number of likely N-dealkylation sites (N-methyl/N-ethyl adjacent to an activating group) is 1. The van der Waals surface area contributed by atoms with Crippen molar-refractivity contribution >= 4 is 43.7 Å². The molecule has 4 N–H and O–H groups in total. The summed E-state index contributed by atoms with van der Waals surface area (Å²) in [6.07, 6.45) is -0.695. The lowest BCUT2D eigenvalue weighted by Gasteiger charge is -2.36. The first-order valence-corrected chi connectivity index (χ1v) is 11.9. The molecule has 33 heavy (non-hydrogen) atoms. The van der Waals surface area contributed by atoms with Crippen molar-refractivity contribution in [2.24, 2.45) is 0 Å². The molecule has 4 rings (SSSR count). The van der Waals surface area contributed by atoms with Crippen LogP contribution in [-0.2, 0) is 9.09 Å². The van der Waals surface area contributed by atoms with Gasteiger partial charge >= 0.3 is 7.82 Å². The van der Waals surface area contributed by atoms with Gasteiger partial charge in [0.2, 0.25) is 0 Å². The highest BCUT2D eigenvalue weighted by Crippen LogP contribution is 2.47. The average molecular weight is 492 g/mol. The minimum atomic E-state index is -4.87. The molecule has 1 saturated heterocycles. The zero-order chi connectivity index (χ0) is 24.1. The summed E-state index contributed by atoms with van der Waals surface area (Å²) in [6, 6.07) is 6.92. The minimum Gasteiger partial charge on any atom is -0.507 e. The molecule has 172 valence electrons. The Labute approximate surface area is 194 Å². The Bertz CT molecular complexity index is 1320. The molecule has 1 aliphatic heterocycles. The molecule has 2 aromatic carbocycles. The van der Waals surface area contributed by atoms with Crippen molar-refractivity contribution < 1.29 is 33.5 Å². The predicted molar refractivity (Wildman–Crippen MR) is 123 cm³/mol. The summed E-state index contributed by atoms with van der Waals surface area (Å²) in [5, 5.41) is 21.2. The summed E-state index contributed by atoms with van der Waals surface area (Å²) in [6.45, 7) is 0.674. The highest BCUT2D eigenvalue weighted by Gasteiger charge is 2.38. The van der Waals surface area contributed by atoms with Gasteiger partial charge in [-0.2, -0.15) is 0 Å². The number of phenols is 2. The second-order valence-corrected chi connectivity index (χ2v) is 9.60. The number of rotatable bonds is 4. The van der Waals surface area contributed by atoms with Gasteiger partial charge in [-0.15, -0.1) is 0 Å². The molecule has 12 heteroatoms. The largest absolute Gasteiger partial charge is 0.507 e. The zero-order valence-corrected chi connectivity index (χ0v) is 19.1. The van der Waals surface area contributed by atoms with Gasteiger partial charge in [-0.25, -0.2) is 4.57 Å². The number of aromatic hydroxyl groups is 2. The van der Waals surface area contributed by atoms with Crippen LogP contribution in [0.2, 0.25) is 5.02 Å². The Hall–Kier alpha value is -2.33. The molecular formula is C21H20BClNO8P. The van der Waals surface area contributed by atoms with Gasteiger partial charge in [-0.05, 0) is 26.1 Å². The molecule has 2 atom stereocenters. The molecule has 1 aliphatic rings. The van der Waals surface area contributed by atoms with Crippen LogP contribution in [0.5, 0.6) is 11.5 Å². The van der Waals surface area contributed by atoms with E-state index >= 15 is 0 Å². The summed E-state index contributed by atoms with van der Waals surface area (Å²) < 4.78 is 22.6. The van der Waals surface area contributed by atoms with Crippen LogP contribution in [0.25, 0.3) is 22.3 Å². The molecule has 3 aromatic rings. The van der Waals surface area contributed by atoms with Crippen LogP contribution in [0.4, 0.5) is 0 Å². The number of fused-ring (bicyclic) bond motifs is 1. The summed E-state index contributed by atoms with van der Waals surface area (Å²) >= 11 is 6.28. The fourth-order valence-electron chi connectivity index (χ4n) is 4.29. The van der Waals surface area contributed by atoms with Gasteiger partial charge in [-0.3, -0.25) is 9.32 Å². The maximum absolute atomic E-state index is 13.0. The van der Waals surface area contributed by atoms with Gasteiger partial charge in [0.05, 0.1) is 11.1 Å². The quantitative estimate of drug-likeness (QED) is 0.319. The number of halogens is 1. The van der Waals surface area contributed by atoms with E-state index in [0.717, 1.165) is 12.1 Å². The lowest BCUT2D eigenvalue weighted by molar-refractivity contribution is 0.0544. The highest BCUT2D eigenvalue weighted by molar-refractivity contribution is 7.46. The van der Waals surface area contributed by atoms with Crippen LogP contribution in [0.1, 0.15) is 17.9 Å². The van der Waals surface area contributed by atoms with Crippen molar-refractivity contribution in [3.8, 4) is 22.8 Å². The Balaban J connectivity index is 1.99. The Kier molecular flexibility index (Phi) is 6.35. The molecule has 0 amide bonds. The monoisotopic (exact) mass is 491 g/mol. The van der Waals surface area contributed by atoms with E-state index in [9.17, 15) is 29.4 Å². The third-order valence-electron chi connectivity index (χ3n) is 5.70.